The zero-order valence-electron chi connectivity index (χ0n) is 15.9. The Labute approximate surface area is 163 Å². The topological polar surface area (TPSA) is 58.6 Å². The molecule has 1 aromatic carbocycles. The summed E-state index contributed by atoms with van der Waals surface area (Å²) in [6.45, 7) is 7.44. The van der Waals surface area contributed by atoms with E-state index in [2.05, 4.69) is 11.4 Å². The van der Waals surface area contributed by atoms with Crippen LogP contribution in [0, 0.1) is 13.8 Å². The summed E-state index contributed by atoms with van der Waals surface area (Å²) in [6.07, 6.45) is 0.625. The van der Waals surface area contributed by atoms with Gasteiger partial charge in [-0.25, -0.2) is 0 Å². The second kappa shape index (κ2) is 8.50. The average Bonchev–Trinajstić information content (AvgIpc) is 3.23. The van der Waals surface area contributed by atoms with Crippen molar-refractivity contribution in [3.8, 4) is 0 Å². The molecule has 0 saturated carbocycles. The maximum absolute atomic E-state index is 13.0. The fourth-order valence-electron chi connectivity index (χ4n) is 3.10. The lowest BCUT2D eigenvalue weighted by atomic mass is 10.1. The minimum Gasteiger partial charge on any atom is -0.382 e. The molecule has 0 radical (unpaired) electrons. The minimum absolute atomic E-state index is 0.244. The van der Waals surface area contributed by atoms with Crippen LogP contribution in [-0.4, -0.2) is 36.5 Å². The summed E-state index contributed by atoms with van der Waals surface area (Å²) >= 11 is 1.46. The minimum atomic E-state index is -0.278. The number of hydrogen-bond donors (Lipinski definition) is 1. The van der Waals surface area contributed by atoms with E-state index >= 15 is 0 Å². The van der Waals surface area contributed by atoms with Crippen LogP contribution in [0.3, 0.4) is 0 Å². The van der Waals surface area contributed by atoms with Crippen LogP contribution in [0.4, 0.5) is 5.69 Å². The Morgan fingerprint density at radius 3 is 2.63 bits per heavy atom. The van der Waals surface area contributed by atoms with Gasteiger partial charge in [0.25, 0.3) is 11.8 Å². The summed E-state index contributed by atoms with van der Waals surface area (Å²) in [5.41, 5.74) is 3.82. The number of aryl methyl sites for hydroxylation is 2. The van der Waals surface area contributed by atoms with Crippen molar-refractivity contribution >= 4 is 34.4 Å². The number of carbonyl (C=O) groups is 2. The molecule has 2 heterocycles. The van der Waals surface area contributed by atoms with Gasteiger partial charge in [0.1, 0.15) is 5.70 Å². The fourth-order valence-corrected chi connectivity index (χ4v) is 3.87. The van der Waals surface area contributed by atoms with Gasteiger partial charge in [0.05, 0.1) is 5.57 Å². The third kappa shape index (κ3) is 4.12. The number of nitrogens with one attached hydrogen (secondary N) is 1. The van der Waals surface area contributed by atoms with E-state index in [0.717, 1.165) is 21.7 Å². The Kier molecular flexibility index (Phi) is 6.08. The molecule has 0 fully saturated rings. The van der Waals surface area contributed by atoms with Gasteiger partial charge in [0.15, 0.2) is 0 Å². The third-order valence-corrected chi connectivity index (χ3v) is 5.34. The molecule has 1 N–H and O–H groups in total. The standard InChI is InChI=1S/C21H24N2O3S/c1-4-26-11-6-10-23-20(24)18(17-7-5-12-27-17)19(21(23)25)22-16-9-8-14(2)13-15(16)3/h5,7-9,12-13,22H,4,6,10-11H2,1-3H3. The van der Waals surface area contributed by atoms with Crippen molar-refractivity contribution in [2.24, 2.45) is 0 Å². The third-order valence-electron chi connectivity index (χ3n) is 4.45. The van der Waals surface area contributed by atoms with Crippen molar-refractivity contribution < 1.29 is 14.3 Å². The zero-order valence-corrected chi connectivity index (χ0v) is 16.7. The molecule has 0 bridgehead atoms. The second-order valence-electron chi connectivity index (χ2n) is 6.48. The molecule has 1 aromatic heterocycles. The molecule has 0 atom stereocenters. The number of nitrogens with zero attached hydrogens (tertiary/aromatic N) is 1. The molecule has 6 heteroatoms. The number of benzene rings is 1. The highest BCUT2D eigenvalue weighted by molar-refractivity contribution is 7.11. The number of anilines is 1. The fraction of sp³-hybridized carbons (Fsp3) is 0.333. The normalized spacial score (nSPS) is 14.4. The number of imide groups is 1. The number of thiophene rings is 1. The Balaban J connectivity index is 1.91. The molecular weight excluding hydrogens is 360 g/mol. The number of carbonyl (C=O) groups excluding carboxylic acids is 2. The molecule has 2 aromatic rings. The number of hydrogen-bond acceptors (Lipinski definition) is 5. The van der Waals surface area contributed by atoms with E-state index in [1.807, 2.05) is 50.4 Å². The van der Waals surface area contributed by atoms with Crippen LogP contribution in [0.2, 0.25) is 0 Å². The van der Waals surface area contributed by atoms with E-state index in [1.54, 1.807) is 0 Å². The van der Waals surface area contributed by atoms with E-state index in [9.17, 15) is 9.59 Å². The molecule has 1 aliphatic rings. The van der Waals surface area contributed by atoms with E-state index in [4.69, 9.17) is 4.74 Å². The summed E-state index contributed by atoms with van der Waals surface area (Å²) < 4.78 is 5.34. The number of rotatable bonds is 8. The number of ether oxygens (including phenoxy) is 1. The Morgan fingerprint density at radius 2 is 1.96 bits per heavy atom. The maximum Gasteiger partial charge on any atom is 0.278 e. The summed E-state index contributed by atoms with van der Waals surface area (Å²) in [6, 6.07) is 9.74. The van der Waals surface area contributed by atoms with E-state index < -0.39 is 0 Å². The molecule has 0 saturated heterocycles. The first-order chi connectivity index (χ1) is 13.0. The van der Waals surface area contributed by atoms with Gasteiger partial charge in [-0.3, -0.25) is 14.5 Å². The van der Waals surface area contributed by atoms with Crippen molar-refractivity contribution in [2.75, 3.05) is 25.1 Å². The van der Waals surface area contributed by atoms with E-state index in [1.165, 1.54) is 16.2 Å². The maximum atomic E-state index is 13.0. The summed E-state index contributed by atoms with van der Waals surface area (Å²) in [5.74, 6) is -0.522. The average molecular weight is 385 g/mol. The van der Waals surface area contributed by atoms with Crippen LogP contribution in [0.15, 0.2) is 41.4 Å². The second-order valence-corrected chi connectivity index (χ2v) is 7.43. The Morgan fingerprint density at radius 1 is 1.15 bits per heavy atom. The van der Waals surface area contributed by atoms with Crippen molar-refractivity contribution in [3.63, 3.8) is 0 Å². The molecule has 3 rings (SSSR count). The van der Waals surface area contributed by atoms with Gasteiger partial charge in [-0.15, -0.1) is 11.3 Å². The molecule has 27 heavy (non-hydrogen) atoms. The monoisotopic (exact) mass is 384 g/mol. The van der Waals surface area contributed by atoms with E-state index in [0.29, 0.717) is 37.4 Å². The largest absolute Gasteiger partial charge is 0.382 e. The van der Waals surface area contributed by atoms with Crippen LogP contribution >= 0.6 is 11.3 Å². The quantitative estimate of drug-likeness (QED) is 0.552. The lowest BCUT2D eigenvalue weighted by molar-refractivity contribution is -0.137. The van der Waals surface area contributed by atoms with Gasteiger partial charge >= 0.3 is 0 Å². The molecule has 0 aliphatic carbocycles. The molecule has 0 unspecified atom stereocenters. The SMILES string of the molecule is CCOCCCN1C(=O)C(Nc2ccc(C)cc2C)=C(c2cccs2)C1=O. The van der Waals surface area contributed by atoms with Crippen LogP contribution in [0.25, 0.3) is 5.57 Å². The van der Waals surface area contributed by atoms with Crippen molar-refractivity contribution in [3.05, 3.63) is 57.4 Å². The van der Waals surface area contributed by atoms with Crippen LogP contribution in [0.5, 0.6) is 0 Å². The van der Waals surface area contributed by atoms with Crippen LogP contribution in [0.1, 0.15) is 29.3 Å². The van der Waals surface area contributed by atoms with Gasteiger partial charge in [-0.1, -0.05) is 23.8 Å². The molecule has 1 aliphatic heterocycles. The summed E-state index contributed by atoms with van der Waals surface area (Å²) in [5, 5.41) is 5.14. The summed E-state index contributed by atoms with van der Waals surface area (Å²) in [7, 11) is 0. The molecule has 2 amide bonds. The van der Waals surface area contributed by atoms with Crippen molar-refractivity contribution in [1.29, 1.82) is 0 Å². The first-order valence-electron chi connectivity index (χ1n) is 9.09. The molecular formula is C21H24N2O3S. The Bertz CT molecular complexity index is 872. The van der Waals surface area contributed by atoms with Gasteiger partial charge in [0, 0.05) is 30.3 Å². The van der Waals surface area contributed by atoms with Gasteiger partial charge in [0.2, 0.25) is 0 Å². The zero-order chi connectivity index (χ0) is 19.4. The predicted molar refractivity (Wildman–Crippen MR) is 109 cm³/mol. The highest BCUT2D eigenvalue weighted by Crippen LogP contribution is 2.33. The smallest absolute Gasteiger partial charge is 0.278 e. The first kappa shape index (κ1) is 19.3. The number of amides is 2. The van der Waals surface area contributed by atoms with Crippen LogP contribution < -0.4 is 5.32 Å². The highest BCUT2D eigenvalue weighted by Gasteiger charge is 2.39. The van der Waals surface area contributed by atoms with E-state index in [-0.39, 0.29) is 11.8 Å². The first-order valence-corrected chi connectivity index (χ1v) is 9.97. The van der Waals surface area contributed by atoms with Gasteiger partial charge in [-0.05, 0) is 50.3 Å². The van der Waals surface area contributed by atoms with Crippen molar-refractivity contribution in [1.82, 2.24) is 4.90 Å². The summed E-state index contributed by atoms with van der Waals surface area (Å²) in [4.78, 5) is 28.1. The lowest BCUT2D eigenvalue weighted by Gasteiger charge is -2.15. The molecule has 142 valence electrons. The molecule has 0 spiro atoms. The van der Waals surface area contributed by atoms with Gasteiger partial charge in [-0.2, -0.15) is 0 Å². The van der Waals surface area contributed by atoms with Crippen molar-refractivity contribution in [2.45, 2.75) is 27.2 Å². The predicted octanol–water partition coefficient (Wildman–Crippen LogP) is 3.98. The lowest BCUT2D eigenvalue weighted by Crippen LogP contribution is -2.34. The van der Waals surface area contributed by atoms with Crippen LogP contribution in [-0.2, 0) is 14.3 Å². The highest BCUT2D eigenvalue weighted by atomic mass is 32.1. The molecule has 5 nitrogen and oxygen atoms in total. The Hall–Kier alpha value is -2.44. The van der Waals surface area contributed by atoms with Gasteiger partial charge < -0.3 is 10.1 Å².